The molecule has 19 heavy (non-hydrogen) atoms. The topological polar surface area (TPSA) is 29.5 Å². The average molecular weight is 277 g/mol. The molecule has 0 spiro atoms. The van der Waals surface area contributed by atoms with Crippen LogP contribution in [0.2, 0.25) is 0 Å². The summed E-state index contributed by atoms with van der Waals surface area (Å²) in [4.78, 5) is 15.4. The molecule has 0 saturated carbocycles. The van der Waals surface area contributed by atoms with Crippen LogP contribution in [0, 0.1) is 5.92 Å². The van der Waals surface area contributed by atoms with Gasteiger partial charge in [0.25, 0.3) is 0 Å². The van der Waals surface area contributed by atoms with Gasteiger partial charge >= 0.3 is 5.97 Å². The molecular formula is C15H19NO2S. The maximum absolute atomic E-state index is 11.5. The van der Waals surface area contributed by atoms with Gasteiger partial charge in [0.15, 0.2) is 0 Å². The Bertz CT molecular complexity index is 477. The maximum atomic E-state index is 11.5. The van der Waals surface area contributed by atoms with Crippen molar-refractivity contribution in [2.75, 3.05) is 32.5 Å². The van der Waals surface area contributed by atoms with Crippen LogP contribution in [0.1, 0.15) is 17.9 Å². The normalized spacial score (nSPS) is 26.4. The smallest absolute Gasteiger partial charge is 0.310 e. The molecule has 1 saturated heterocycles. The van der Waals surface area contributed by atoms with Crippen molar-refractivity contribution in [1.82, 2.24) is 4.90 Å². The number of ether oxygens (including phenoxy) is 1. The number of hydrogen-bond donors (Lipinski definition) is 0. The number of benzene rings is 1. The van der Waals surface area contributed by atoms with E-state index in [1.165, 1.54) is 23.3 Å². The second kappa shape index (κ2) is 5.55. The molecule has 0 amide bonds. The summed E-state index contributed by atoms with van der Waals surface area (Å²) in [5.74, 6) is 1.80. The second-order valence-electron chi connectivity index (χ2n) is 5.31. The zero-order chi connectivity index (χ0) is 13.2. The van der Waals surface area contributed by atoms with E-state index >= 15 is 0 Å². The second-order valence-corrected chi connectivity index (χ2v) is 6.38. The molecule has 1 fully saturated rings. The molecule has 4 heteroatoms. The van der Waals surface area contributed by atoms with Crippen LogP contribution in [0.5, 0.6) is 0 Å². The zero-order valence-corrected chi connectivity index (χ0v) is 12.0. The van der Waals surface area contributed by atoms with E-state index in [-0.39, 0.29) is 11.9 Å². The molecule has 0 aliphatic carbocycles. The molecule has 2 aliphatic heterocycles. The summed E-state index contributed by atoms with van der Waals surface area (Å²) >= 11 is 1.95. The van der Waals surface area contributed by atoms with Crippen LogP contribution in [0.3, 0.4) is 0 Å². The van der Waals surface area contributed by atoms with Gasteiger partial charge in [-0.25, -0.2) is 0 Å². The number of fused-ring (bicyclic) bond motifs is 1. The Labute approximate surface area is 118 Å². The first kappa shape index (κ1) is 13.0. The van der Waals surface area contributed by atoms with Crippen molar-refractivity contribution in [3.05, 3.63) is 29.8 Å². The predicted octanol–water partition coefficient (Wildman–Crippen LogP) is 2.37. The van der Waals surface area contributed by atoms with E-state index in [1.54, 1.807) is 0 Å². The van der Waals surface area contributed by atoms with Gasteiger partial charge in [-0.15, -0.1) is 11.8 Å². The molecule has 2 aliphatic rings. The number of thioether (sulfide) groups is 1. The highest BCUT2D eigenvalue weighted by Crippen LogP contribution is 2.40. The van der Waals surface area contributed by atoms with Gasteiger partial charge < -0.3 is 9.64 Å². The molecule has 0 radical (unpaired) electrons. The summed E-state index contributed by atoms with van der Waals surface area (Å²) in [6.45, 7) is 2.94. The number of nitrogens with zero attached hydrogens (tertiary/aromatic N) is 1. The Morgan fingerprint density at radius 3 is 3.16 bits per heavy atom. The largest absolute Gasteiger partial charge is 0.469 e. The van der Waals surface area contributed by atoms with Crippen molar-refractivity contribution in [1.29, 1.82) is 0 Å². The van der Waals surface area contributed by atoms with Crippen molar-refractivity contribution < 1.29 is 9.53 Å². The number of methoxy groups -OCH3 is 1. The van der Waals surface area contributed by atoms with E-state index in [1.807, 2.05) is 11.8 Å². The summed E-state index contributed by atoms with van der Waals surface area (Å²) in [7, 11) is 1.48. The highest BCUT2D eigenvalue weighted by Gasteiger charge is 2.32. The van der Waals surface area contributed by atoms with Crippen molar-refractivity contribution in [3.63, 3.8) is 0 Å². The van der Waals surface area contributed by atoms with Crippen LogP contribution in [-0.2, 0) is 9.53 Å². The van der Waals surface area contributed by atoms with Gasteiger partial charge in [-0.3, -0.25) is 4.79 Å². The number of hydrogen-bond acceptors (Lipinski definition) is 4. The summed E-state index contributed by atoms with van der Waals surface area (Å²) < 4.78 is 4.84. The van der Waals surface area contributed by atoms with E-state index in [0.29, 0.717) is 5.92 Å². The lowest BCUT2D eigenvalue weighted by Crippen LogP contribution is -2.28. The molecule has 2 atom stereocenters. The molecule has 0 aromatic heterocycles. The van der Waals surface area contributed by atoms with Crippen LogP contribution in [0.25, 0.3) is 0 Å². The predicted molar refractivity (Wildman–Crippen MR) is 76.5 cm³/mol. The van der Waals surface area contributed by atoms with E-state index in [9.17, 15) is 4.79 Å². The van der Waals surface area contributed by atoms with Gasteiger partial charge in [0, 0.05) is 29.7 Å². The number of rotatable bonds is 3. The Kier molecular flexibility index (Phi) is 3.80. The quantitative estimate of drug-likeness (QED) is 0.793. The van der Waals surface area contributed by atoms with Crippen LogP contribution in [-0.4, -0.2) is 43.4 Å². The lowest BCUT2D eigenvalue weighted by atomic mass is 10.0. The minimum atomic E-state index is -0.0521. The first-order valence-electron chi connectivity index (χ1n) is 6.80. The number of carbonyl (C=O) groups is 1. The summed E-state index contributed by atoms with van der Waals surface area (Å²) in [5.41, 5.74) is 1.48. The van der Waals surface area contributed by atoms with Crippen molar-refractivity contribution in [3.8, 4) is 0 Å². The Balaban J connectivity index is 1.61. The van der Waals surface area contributed by atoms with E-state index in [2.05, 4.69) is 29.2 Å². The molecule has 1 aromatic carbocycles. The standard InChI is InChI=1S/C15H19NO2S/c1-18-15(17)11-6-7-16(8-11)9-12-10-19-14-5-3-2-4-13(12)14/h2-5,11-12H,6-10H2,1H3. The van der Waals surface area contributed by atoms with Crippen LogP contribution in [0.4, 0.5) is 0 Å². The molecule has 3 rings (SSSR count). The molecule has 0 bridgehead atoms. The summed E-state index contributed by atoms with van der Waals surface area (Å²) in [5, 5.41) is 0. The number of esters is 1. The van der Waals surface area contributed by atoms with Crippen molar-refractivity contribution >= 4 is 17.7 Å². The van der Waals surface area contributed by atoms with Gasteiger partial charge in [-0.05, 0) is 24.6 Å². The summed E-state index contributed by atoms with van der Waals surface area (Å²) in [6, 6.07) is 8.69. The monoisotopic (exact) mass is 277 g/mol. The van der Waals surface area contributed by atoms with Crippen LogP contribution >= 0.6 is 11.8 Å². The van der Waals surface area contributed by atoms with E-state index in [0.717, 1.165) is 26.1 Å². The summed E-state index contributed by atoms with van der Waals surface area (Å²) in [6.07, 6.45) is 0.939. The third-order valence-corrected chi connectivity index (χ3v) is 5.34. The molecular weight excluding hydrogens is 258 g/mol. The van der Waals surface area contributed by atoms with Crippen molar-refractivity contribution in [2.24, 2.45) is 5.92 Å². The van der Waals surface area contributed by atoms with Crippen molar-refractivity contribution in [2.45, 2.75) is 17.2 Å². The SMILES string of the molecule is COC(=O)C1CCN(CC2CSc3ccccc32)C1. The molecule has 3 nitrogen and oxygen atoms in total. The number of carbonyl (C=O) groups excluding carboxylic acids is 1. The molecule has 2 unspecified atom stereocenters. The zero-order valence-electron chi connectivity index (χ0n) is 11.2. The Hall–Kier alpha value is -1.00. The molecule has 102 valence electrons. The van der Waals surface area contributed by atoms with E-state index in [4.69, 9.17) is 4.74 Å². The fourth-order valence-corrected chi connectivity index (χ4v) is 4.29. The molecule has 2 heterocycles. The molecule has 0 N–H and O–H groups in total. The van der Waals surface area contributed by atoms with Gasteiger partial charge in [0.2, 0.25) is 0 Å². The Morgan fingerprint density at radius 2 is 2.32 bits per heavy atom. The number of likely N-dealkylation sites (tertiary alicyclic amines) is 1. The first-order chi connectivity index (χ1) is 9.28. The third kappa shape index (κ3) is 2.65. The fourth-order valence-electron chi connectivity index (χ4n) is 3.05. The Morgan fingerprint density at radius 1 is 1.47 bits per heavy atom. The lowest BCUT2D eigenvalue weighted by Gasteiger charge is -2.20. The minimum absolute atomic E-state index is 0.0521. The highest BCUT2D eigenvalue weighted by molar-refractivity contribution is 7.99. The highest BCUT2D eigenvalue weighted by atomic mass is 32.2. The van der Waals surface area contributed by atoms with Crippen LogP contribution in [0.15, 0.2) is 29.2 Å². The van der Waals surface area contributed by atoms with Crippen LogP contribution < -0.4 is 0 Å². The van der Waals surface area contributed by atoms with E-state index < -0.39 is 0 Å². The van der Waals surface area contributed by atoms with Gasteiger partial charge in [-0.1, -0.05) is 18.2 Å². The molecule has 1 aromatic rings. The van der Waals surface area contributed by atoms with Gasteiger partial charge in [0.05, 0.1) is 13.0 Å². The average Bonchev–Trinajstić information content (AvgIpc) is 3.06. The first-order valence-corrected chi connectivity index (χ1v) is 7.78. The van der Waals surface area contributed by atoms with Gasteiger partial charge in [0.1, 0.15) is 0 Å². The van der Waals surface area contributed by atoms with Gasteiger partial charge in [-0.2, -0.15) is 0 Å². The minimum Gasteiger partial charge on any atom is -0.469 e. The fraction of sp³-hybridized carbons (Fsp3) is 0.533. The lowest BCUT2D eigenvalue weighted by molar-refractivity contribution is -0.144. The maximum Gasteiger partial charge on any atom is 0.310 e. The third-order valence-electron chi connectivity index (χ3n) is 4.08.